The fourth-order valence-corrected chi connectivity index (χ4v) is 11.8. The number of amides is 3. The molecule has 9 aromatic rings. The van der Waals surface area contributed by atoms with Crippen LogP contribution in [0.3, 0.4) is 0 Å². The Bertz CT molecular complexity index is 3880. The van der Waals surface area contributed by atoms with Crippen molar-refractivity contribution in [2.24, 2.45) is 0 Å². The summed E-state index contributed by atoms with van der Waals surface area (Å²) in [7, 11) is 0. The average molecular weight is 1170 g/mol. The molecule has 6 aromatic carbocycles. The number of fused-ring (bicyclic) bond motifs is 3. The van der Waals surface area contributed by atoms with Crippen LogP contribution in [-0.2, 0) is 45.2 Å². The Morgan fingerprint density at radius 1 is 0.586 bits per heavy atom. The number of hydrogen-bond donors (Lipinski definition) is 5. The van der Waals surface area contributed by atoms with Crippen molar-refractivity contribution in [1.29, 1.82) is 0 Å². The van der Waals surface area contributed by atoms with Gasteiger partial charge in [0.2, 0.25) is 0 Å². The summed E-state index contributed by atoms with van der Waals surface area (Å²) in [6.07, 6.45) is 6.53. The molecule has 1 saturated heterocycles. The van der Waals surface area contributed by atoms with Gasteiger partial charge in [0, 0.05) is 68.6 Å². The van der Waals surface area contributed by atoms with Gasteiger partial charge in [-0.25, -0.2) is 14.0 Å². The van der Waals surface area contributed by atoms with Crippen molar-refractivity contribution >= 4 is 34.8 Å². The van der Waals surface area contributed by atoms with E-state index in [9.17, 15) is 24.6 Å². The van der Waals surface area contributed by atoms with Gasteiger partial charge in [0.05, 0.1) is 91.4 Å². The molecule has 0 aliphatic carbocycles. The molecule has 4 aliphatic rings. The normalized spacial score (nSPS) is 19.6. The third-order valence-electron chi connectivity index (χ3n) is 16.3. The largest absolute Gasteiger partial charge is 0.477 e. The Morgan fingerprint density at radius 3 is 1.61 bits per heavy atom. The Morgan fingerprint density at radius 2 is 1.10 bits per heavy atom. The molecule has 5 unspecified atom stereocenters. The molecule has 3 amide bonds. The summed E-state index contributed by atoms with van der Waals surface area (Å²) in [5, 5.41) is 42.6. The lowest BCUT2D eigenvalue weighted by atomic mass is 9.86. The molecular weight excluding hydrogens is 1100 g/mol. The first-order valence-corrected chi connectivity index (χ1v) is 29.1. The van der Waals surface area contributed by atoms with Gasteiger partial charge in [-0.05, 0) is 109 Å². The number of carbonyl (C=O) groups is 3. The number of aliphatic hydroxyl groups is 2. The second-order valence-corrected chi connectivity index (χ2v) is 22.5. The quantitative estimate of drug-likeness (QED) is 0.0588. The SMILES string of the molecule is CC1(NC(=O)C2CN(Cc3ccc(-n4nccc4C[C@@H](CO)NC(=O)C4CN(Cc5ccc(-n6cccn6)cc5)c5ccccc5O4)cc3)c3ccccc3O2)COC1c1cnn(-c2ccc(CN3CC(C(=O)NCCO)Oc4ccccc43)cc2)c1. The summed E-state index contributed by atoms with van der Waals surface area (Å²) in [6, 6.07) is 50.5. The maximum atomic E-state index is 14.3. The fourth-order valence-electron chi connectivity index (χ4n) is 11.8. The number of ether oxygens (including phenoxy) is 4. The van der Waals surface area contributed by atoms with Crippen LogP contribution in [0.1, 0.15) is 41.0 Å². The highest BCUT2D eigenvalue weighted by Crippen LogP contribution is 2.41. The minimum absolute atomic E-state index is 0.152. The van der Waals surface area contributed by atoms with Gasteiger partial charge in [0.25, 0.3) is 17.7 Å². The molecule has 0 spiro atoms. The number of aliphatic hydroxyl groups excluding tert-OH is 2. The first-order valence-electron chi connectivity index (χ1n) is 29.1. The van der Waals surface area contributed by atoms with Crippen molar-refractivity contribution in [3.63, 3.8) is 0 Å². The van der Waals surface area contributed by atoms with Crippen LogP contribution in [0, 0.1) is 0 Å². The van der Waals surface area contributed by atoms with E-state index in [1.165, 1.54) is 0 Å². The molecule has 3 aromatic heterocycles. The second-order valence-electron chi connectivity index (χ2n) is 22.5. The molecule has 0 radical (unpaired) electrons. The number of nitrogens with zero attached hydrogens (tertiary/aromatic N) is 9. The zero-order valence-electron chi connectivity index (χ0n) is 47.8. The molecule has 0 bridgehead atoms. The van der Waals surface area contributed by atoms with Crippen molar-refractivity contribution in [2.45, 2.75) is 69.0 Å². The van der Waals surface area contributed by atoms with Crippen molar-refractivity contribution in [1.82, 2.24) is 45.3 Å². The number of anilines is 3. The standard InChI is InChI=1S/C66H66N12O9/c1-66(43-84-62(66)47-34-70-77(38-47)50-23-17-45(18-24-50)35-73-39-59(63(81)67-30-32-79)85-56-12-5-2-9-53(56)73)72-65(83)61-41-75(55-11-4-7-14-58(55)87-61)37-46-19-25-51(26-20-46)78-52(27-29-69-78)33-48(42-80)71-64(82)60-40-74(54-10-3-6-13-57(54)86-60)36-44-15-21-49(22-16-44)76-31-8-28-68-76/h2-29,31,34,38,48,59-62,79-80H,30,32-33,35-37,39-43H2,1H3,(H,67,81)(H,71,82)(H,72,83)/t48-,59?,60?,61?,62?,66?/m0/s1. The lowest BCUT2D eigenvalue weighted by molar-refractivity contribution is -0.161. The van der Waals surface area contributed by atoms with E-state index in [0.29, 0.717) is 69.5 Å². The number of para-hydroxylation sites is 6. The number of aromatic nitrogens is 6. The molecule has 4 aliphatic heterocycles. The molecule has 13 rings (SSSR count). The van der Waals surface area contributed by atoms with Crippen LogP contribution < -0.4 is 44.9 Å². The monoisotopic (exact) mass is 1170 g/mol. The van der Waals surface area contributed by atoms with Crippen LogP contribution in [0.2, 0.25) is 0 Å². The van der Waals surface area contributed by atoms with E-state index in [-0.39, 0.29) is 37.5 Å². The summed E-state index contributed by atoms with van der Waals surface area (Å²) in [5.41, 5.74) is 9.25. The van der Waals surface area contributed by atoms with E-state index in [1.54, 1.807) is 23.3 Å². The summed E-state index contributed by atoms with van der Waals surface area (Å²) in [6.45, 7) is 4.55. The molecule has 7 heterocycles. The van der Waals surface area contributed by atoms with Crippen molar-refractivity contribution in [3.8, 4) is 34.3 Å². The third-order valence-corrected chi connectivity index (χ3v) is 16.3. The highest BCUT2D eigenvalue weighted by molar-refractivity contribution is 5.85. The number of benzene rings is 6. The van der Waals surface area contributed by atoms with E-state index in [4.69, 9.17) is 18.9 Å². The van der Waals surface area contributed by atoms with E-state index in [1.807, 2.05) is 174 Å². The van der Waals surface area contributed by atoms with Crippen LogP contribution in [0.15, 0.2) is 189 Å². The highest BCUT2D eigenvalue weighted by Gasteiger charge is 2.49. The zero-order valence-corrected chi connectivity index (χ0v) is 47.8. The second kappa shape index (κ2) is 24.6. The smallest absolute Gasteiger partial charge is 0.263 e. The van der Waals surface area contributed by atoms with E-state index < -0.39 is 36.0 Å². The molecule has 1 fully saturated rings. The first-order chi connectivity index (χ1) is 42.5. The van der Waals surface area contributed by atoms with Gasteiger partial charge in [-0.15, -0.1) is 0 Å². The van der Waals surface area contributed by atoms with Gasteiger partial charge in [0.15, 0.2) is 18.3 Å². The van der Waals surface area contributed by atoms with Gasteiger partial charge < -0.3 is 59.8 Å². The van der Waals surface area contributed by atoms with Crippen LogP contribution in [0.4, 0.5) is 17.1 Å². The predicted molar refractivity (Wildman–Crippen MR) is 324 cm³/mol. The molecule has 21 heteroatoms. The number of rotatable bonds is 20. The maximum absolute atomic E-state index is 14.3. The number of carbonyl (C=O) groups excluding carboxylic acids is 3. The Balaban J connectivity index is 0.619. The molecule has 0 saturated carbocycles. The molecule has 87 heavy (non-hydrogen) atoms. The maximum Gasteiger partial charge on any atom is 0.263 e. The minimum Gasteiger partial charge on any atom is -0.477 e. The topological polar surface area (TPSA) is 228 Å². The van der Waals surface area contributed by atoms with Gasteiger partial charge in [-0.2, -0.15) is 15.3 Å². The molecule has 6 atom stereocenters. The molecule has 5 N–H and O–H groups in total. The average Bonchev–Trinajstić information content (AvgIpc) is 4.24. The number of nitrogens with one attached hydrogen (secondary N) is 3. The Kier molecular flexibility index (Phi) is 15.9. The zero-order chi connectivity index (χ0) is 59.4. The summed E-state index contributed by atoms with van der Waals surface area (Å²) >= 11 is 0. The molecule has 444 valence electrons. The van der Waals surface area contributed by atoms with Gasteiger partial charge >= 0.3 is 0 Å². The van der Waals surface area contributed by atoms with E-state index >= 15 is 0 Å². The van der Waals surface area contributed by atoms with Crippen molar-refractivity contribution in [3.05, 3.63) is 217 Å². The minimum atomic E-state index is -0.820. The van der Waals surface area contributed by atoms with Crippen molar-refractivity contribution in [2.75, 3.05) is 60.7 Å². The lowest BCUT2D eigenvalue weighted by Gasteiger charge is -2.47. The van der Waals surface area contributed by atoms with E-state index in [2.05, 4.69) is 58.1 Å². The highest BCUT2D eigenvalue weighted by atomic mass is 16.5. The Labute approximate surface area is 502 Å². The Hall–Kier alpha value is -9.96. The predicted octanol–water partition coefficient (Wildman–Crippen LogP) is 6.02. The van der Waals surface area contributed by atoms with Gasteiger partial charge in [-0.3, -0.25) is 14.4 Å². The lowest BCUT2D eigenvalue weighted by Crippen LogP contribution is -2.64. The third kappa shape index (κ3) is 12.0. The molecular formula is C66H66N12O9. The molecule has 21 nitrogen and oxygen atoms in total. The van der Waals surface area contributed by atoms with Gasteiger partial charge in [0.1, 0.15) is 23.4 Å². The first kappa shape index (κ1) is 56.2. The van der Waals surface area contributed by atoms with Crippen molar-refractivity contribution < 1.29 is 43.5 Å². The summed E-state index contributed by atoms with van der Waals surface area (Å²) in [4.78, 5) is 47.6. The van der Waals surface area contributed by atoms with Crippen LogP contribution in [-0.4, -0.2) is 133 Å². The fraction of sp³-hybridized carbons (Fsp3) is 0.273. The summed E-state index contributed by atoms with van der Waals surface area (Å²) < 4.78 is 30.3. The van der Waals surface area contributed by atoms with Crippen LogP contribution in [0.25, 0.3) is 17.1 Å². The van der Waals surface area contributed by atoms with Gasteiger partial charge in [-0.1, -0.05) is 72.8 Å². The van der Waals surface area contributed by atoms with Crippen LogP contribution in [0.5, 0.6) is 17.2 Å². The summed E-state index contributed by atoms with van der Waals surface area (Å²) in [5.74, 6) is 0.996. The van der Waals surface area contributed by atoms with Crippen LogP contribution >= 0.6 is 0 Å². The number of hydrogen-bond acceptors (Lipinski definition) is 15. The van der Waals surface area contributed by atoms with E-state index in [0.717, 1.165) is 62.1 Å².